The first kappa shape index (κ1) is 6.79. The molecule has 1 aliphatic carbocycles. The van der Waals surface area contributed by atoms with Gasteiger partial charge in [-0.15, -0.1) is 5.73 Å². The van der Waals surface area contributed by atoms with E-state index in [1.54, 1.807) is 24.3 Å². The Morgan fingerprint density at radius 3 is 2.90 bits per heavy atom. The topological polar surface area (TPSA) is 0 Å². The Kier molecular flexibility index (Phi) is 2.48. The molecule has 10 heavy (non-hydrogen) atoms. The van der Waals surface area contributed by atoms with Crippen LogP contribution in [0.3, 0.4) is 0 Å². The van der Waals surface area contributed by atoms with Crippen molar-refractivity contribution in [2.75, 3.05) is 0 Å². The van der Waals surface area contributed by atoms with Crippen LogP contribution in [0.15, 0.2) is 54.1 Å². The molecule has 0 saturated carbocycles. The van der Waals surface area contributed by atoms with E-state index in [-0.39, 0.29) is 5.83 Å². The van der Waals surface area contributed by atoms with Crippen molar-refractivity contribution in [1.29, 1.82) is 0 Å². The molecule has 0 spiro atoms. The minimum Gasteiger partial charge on any atom is -0.207 e. The molecule has 0 atom stereocenters. The molecule has 0 aromatic rings. The van der Waals surface area contributed by atoms with Gasteiger partial charge in [0.1, 0.15) is 5.83 Å². The van der Waals surface area contributed by atoms with Crippen molar-refractivity contribution in [2.24, 2.45) is 0 Å². The van der Waals surface area contributed by atoms with Crippen LogP contribution in [-0.2, 0) is 0 Å². The van der Waals surface area contributed by atoms with Crippen LogP contribution in [0.1, 0.15) is 0 Å². The van der Waals surface area contributed by atoms with Gasteiger partial charge in [0.05, 0.1) is 0 Å². The highest BCUT2D eigenvalue weighted by Gasteiger charge is 1.80. The fourth-order valence-electron chi connectivity index (χ4n) is 0.562. The molecule has 1 rings (SSSR count). The maximum atomic E-state index is 12.5. The molecular weight excluding hydrogens is 127 g/mol. The Hall–Kier alpha value is -1.33. The highest BCUT2D eigenvalue weighted by molar-refractivity contribution is 5.24. The second kappa shape index (κ2) is 3.65. The molecular formula is C9H7F. The predicted octanol–water partition coefficient (Wildman–Crippen LogP) is 2.68. The minimum absolute atomic E-state index is 0.257. The average Bonchev–Trinajstić information content (AvgIpc) is 2.02. The summed E-state index contributed by atoms with van der Waals surface area (Å²) in [5.41, 5.74) is 2.76. The Balaban J connectivity index is 2.91. The summed E-state index contributed by atoms with van der Waals surface area (Å²) in [5.74, 6) is -0.257. The number of rotatable bonds is 0. The molecule has 0 aliphatic heterocycles. The van der Waals surface area contributed by atoms with Crippen molar-refractivity contribution >= 4 is 0 Å². The summed E-state index contributed by atoms with van der Waals surface area (Å²) in [7, 11) is 0. The second-order valence-electron chi connectivity index (χ2n) is 1.80. The van der Waals surface area contributed by atoms with Crippen LogP contribution in [-0.4, -0.2) is 0 Å². The lowest BCUT2D eigenvalue weighted by Crippen LogP contribution is -1.59. The van der Waals surface area contributed by atoms with Crippen molar-refractivity contribution in [2.45, 2.75) is 0 Å². The molecule has 0 aromatic carbocycles. The quantitative estimate of drug-likeness (QED) is 0.447. The Labute approximate surface area is 59.4 Å². The third-order valence-corrected chi connectivity index (χ3v) is 1.01. The van der Waals surface area contributed by atoms with E-state index in [0.29, 0.717) is 0 Å². The van der Waals surface area contributed by atoms with E-state index < -0.39 is 0 Å². The van der Waals surface area contributed by atoms with Crippen LogP contribution in [0, 0.1) is 0 Å². The average molecular weight is 134 g/mol. The molecule has 1 heteroatoms. The number of hydrogen-bond acceptors (Lipinski definition) is 0. The Bertz CT molecular complexity index is 248. The first-order chi connectivity index (χ1) is 4.89. The van der Waals surface area contributed by atoms with Crippen molar-refractivity contribution in [3.05, 3.63) is 54.1 Å². The van der Waals surface area contributed by atoms with E-state index in [9.17, 15) is 4.39 Å². The standard InChI is InChI=1S/C9H7F/c10-9-7-5-3-1-2-4-6-8-9/h1-3,5-8H/b3-1-,7-5-,9-8+. The van der Waals surface area contributed by atoms with E-state index >= 15 is 0 Å². The van der Waals surface area contributed by atoms with Crippen LogP contribution in [0.2, 0.25) is 0 Å². The summed E-state index contributed by atoms with van der Waals surface area (Å²) >= 11 is 0. The zero-order valence-corrected chi connectivity index (χ0v) is 5.42. The fraction of sp³-hybridized carbons (Fsp3) is 0. The molecule has 0 saturated heterocycles. The zero-order valence-electron chi connectivity index (χ0n) is 5.42. The summed E-state index contributed by atoms with van der Waals surface area (Å²) in [6.45, 7) is 0. The zero-order chi connectivity index (χ0) is 7.23. The molecule has 0 aromatic heterocycles. The van der Waals surface area contributed by atoms with E-state index in [1.165, 1.54) is 18.2 Å². The van der Waals surface area contributed by atoms with Crippen molar-refractivity contribution in [3.63, 3.8) is 0 Å². The van der Waals surface area contributed by atoms with Crippen molar-refractivity contribution in [3.8, 4) is 0 Å². The first-order valence-electron chi connectivity index (χ1n) is 3.01. The molecule has 0 bridgehead atoms. The minimum atomic E-state index is -0.257. The van der Waals surface area contributed by atoms with Gasteiger partial charge in [-0.3, -0.25) is 0 Å². The van der Waals surface area contributed by atoms with Gasteiger partial charge in [-0.2, -0.15) is 0 Å². The third kappa shape index (κ3) is 2.29. The number of halogens is 1. The van der Waals surface area contributed by atoms with E-state index in [2.05, 4.69) is 5.73 Å². The molecule has 0 N–H and O–H groups in total. The molecule has 0 heterocycles. The lowest BCUT2D eigenvalue weighted by molar-refractivity contribution is 0.667. The monoisotopic (exact) mass is 134 g/mol. The molecule has 0 unspecified atom stereocenters. The Morgan fingerprint density at radius 2 is 2.00 bits per heavy atom. The molecule has 0 radical (unpaired) electrons. The van der Waals surface area contributed by atoms with Crippen LogP contribution in [0.25, 0.3) is 0 Å². The van der Waals surface area contributed by atoms with Gasteiger partial charge in [-0.1, -0.05) is 18.2 Å². The third-order valence-electron chi connectivity index (χ3n) is 1.01. The molecule has 0 amide bonds. The smallest absolute Gasteiger partial charge is 0.123 e. The number of hydrogen-bond donors (Lipinski definition) is 0. The molecule has 1 aliphatic rings. The summed E-state index contributed by atoms with van der Waals surface area (Å²) in [6.07, 6.45) is 11.2. The molecule has 0 fully saturated rings. The van der Waals surface area contributed by atoms with Gasteiger partial charge in [0, 0.05) is 0 Å². The van der Waals surface area contributed by atoms with Crippen LogP contribution >= 0.6 is 0 Å². The summed E-state index contributed by atoms with van der Waals surface area (Å²) in [4.78, 5) is 0. The maximum Gasteiger partial charge on any atom is 0.123 e. The highest BCUT2D eigenvalue weighted by Crippen LogP contribution is 1.99. The molecule has 0 nitrogen and oxygen atoms in total. The van der Waals surface area contributed by atoms with E-state index in [1.807, 2.05) is 0 Å². The van der Waals surface area contributed by atoms with Crippen LogP contribution < -0.4 is 0 Å². The normalized spacial score (nSPS) is 27.5. The predicted molar refractivity (Wildman–Crippen MR) is 40.1 cm³/mol. The maximum absolute atomic E-state index is 12.5. The van der Waals surface area contributed by atoms with Crippen LogP contribution in [0.4, 0.5) is 4.39 Å². The lowest BCUT2D eigenvalue weighted by atomic mass is 10.4. The van der Waals surface area contributed by atoms with Gasteiger partial charge < -0.3 is 0 Å². The SMILES string of the molecule is FC1=C/C=C=C\C=C/C=C\1. The summed E-state index contributed by atoms with van der Waals surface area (Å²) < 4.78 is 12.5. The van der Waals surface area contributed by atoms with E-state index in [0.717, 1.165) is 0 Å². The first-order valence-corrected chi connectivity index (χ1v) is 3.01. The number of allylic oxidation sites excluding steroid dienone is 7. The van der Waals surface area contributed by atoms with Gasteiger partial charge in [0.2, 0.25) is 0 Å². The van der Waals surface area contributed by atoms with E-state index in [4.69, 9.17) is 0 Å². The lowest BCUT2D eigenvalue weighted by Gasteiger charge is -1.78. The second-order valence-corrected chi connectivity index (χ2v) is 1.80. The van der Waals surface area contributed by atoms with Gasteiger partial charge in [-0.25, -0.2) is 4.39 Å². The summed E-state index contributed by atoms with van der Waals surface area (Å²) in [6, 6.07) is 0. The highest BCUT2D eigenvalue weighted by atomic mass is 19.1. The molecule has 50 valence electrons. The fourth-order valence-corrected chi connectivity index (χ4v) is 0.562. The largest absolute Gasteiger partial charge is 0.207 e. The van der Waals surface area contributed by atoms with Crippen molar-refractivity contribution < 1.29 is 4.39 Å². The Morgan fingerprint density at radius 1 is 1.10 bits per heavy atom. The van der Waals surface area contributed by atoms with Gasteiger partial charge >= 0.3 is 0 Å². The summed E-state index contributed by atoms with van der Waals surface area (Å²) in [5, 5.41) is 0. The van der Waals surface area contributed by atoms with Crippen molar-refractivity contribution in [1.82, 2.24) is 0 Å². The van der Waals surface area contributed by atoms with Gasteiger partial charge in [0.25, 0.3) is 0 Å². The van der Waals surface area contributed by atoms with Gasteiger partial charge in [0.15, 0.2) is 0 Å². The van der Waals surface area contributed by atoms with Gasteiger partial charge in [-0.05, 0) is 24.3 Å². The van der Waals surface area contributed by atoms with Crippen LogP contribution in [0.5, 0.6) is 0 Å².